The number of benzene rings is 1. The van der Waals surface area contributed by atoms with Crippen molar-refractivity contribution in [1.82, 2.24) is 4.90 Å². The first-order valence-corrected chi connectivity index (χ1v) is 6.70. The van der Waals surface area contributed by atoms with Crippen LogP contribution in [0.1, 0.15) is 23.2 Å². The van der Waals surface area contributed by atoms with Crippen LogP contribution in [-0.4, -0.2) is 36.6 Å². The van der Waals surface area contributed by atoms with Crippen molar-refractivity contribution >= 4 is 24.3 Å². The van der Waals surface area contributed by atoms with Crippen LogP contribution in [0, 0.1) is 5.82 Å². The quantitative estimate of drug-likeness (QED) is 0.506. The standard InChI is InChI=1S/C13H17FN2O2S/c1-18-12(17)10-5-4-9(14)8-11(10)15-13(19)16-6-2-3-7-16/h4-5,8,13,15,19H,2-3,6-7H2,1H3. The normalized spacial score (nSPS) is 17.2. The maximum atomic E-state index is 13.3. The summed E-state index contributed by atoms with van der Waals surface area (Å²) in [7, 11) is 1.30. The molecule has 1 N–H and O–H groups in total. The number of halogens is 1. The summed E-state index contributed by atoms with van der Waals surface area (Å²) in [6.07, 6.45) is 2.26. The molecule has 104 valence electrons. The number of esters is 1. The largest absolute Gasteiger partial charge is 0.465 e. The average Bonchev–Trinajstić information content (AvgIpc) is 2.92. The summed E-state index contributed by atoms with van der Waals surface area (Å²) in [5, 5.41) is 3.06. The van der Waals surface area contributed by atoms with Gasteiger partial charge in [-0.15, -0.1) is 12.6 Å². The zero-order valence-electron chi connectivity index (χ0n) is 10.7. The van der Waals surface area contributed by atoms with E-state index in [0.717, 1.165) is 25.9 Å². The van der Waals surface area contributed by atoms with Crippen LogP contribution in [0.25, 0.3) is 0 Å². The van der Waals surface area contributed by atoms with E-state index in [1.807, 2.05) is 0 Å². The van der Waals surface area contributed by atoms with Crippen molar-refractivity contribution < 1.29 is 13.9 Å². The second kappa shape index (κ2) is 6.25. The first kappa shape index (κ1) is 14.1. The number of hydrogen-bond donors (Lipinski definition) is 2. The van der Waals surface area contributed by atoms with Crippen molar-refractivity contribution in [2.75, 3.05) is 25.5 Å². The fraction of sp³-hybridized carbons (Fsp3) is 0.462. The van der Waals surface area contributed by atoms with E-state index in [2.05, 4.69) is 27.6 Å². The van der Waals surface area contributed by atoms with E-state index in [9.17, 15) is 9.18 Å². The third kappa shape index (κ3) is 3.39. The molecule has 1 fully saturated rings. The van der Waals surface area contributed by atoms with E-state index in [0.29, 0.717) is 11.3 Å². The number of methoxy groups -OCH3 is 1. The molecular weight excluding hydrogens is 267 g/mol. The molecule has 1 aromatic rings. The van der Waals surface area contributed by atoms with Crippen LogP contribution in [0.4, 0.5) is 10.1 Å². The molecule has 1 atom stereocenters. The first-order chi connectivity index (χ1) is 9.11. The van der Waals surface area contributed by atoms with E-state index in [-0.39, 0.29) is 5.50 Å². The summed E-state index contributed by atoms with van der Waals surface area (Å²) < 4.78 is 18.0. The highest BCUT2D eigenvalue weighted by Gasteiger charge is 2.21. The van der Waals surface area contributed by atoms with Crippen LogP contribution in [-0.2, 0) is 4.74 Å². The monoisotopic (exact) mass is 284 g/mol. The van der Waals surface area contributed by atoms with Crippen molar-refractivity contribution in [2.45, 2.75) is 18.3 Å². The number of rotatable bonds is 4. The van der Waals surface area contributed by atoms with Crippen LogP contribution in [0.3, 0.4) is 0 Å². The lowest BCUT2D eigenvalue weighted by atomic mass is 10.1. The molecule has 1 aliphatic rings. The lowest BCUT2D eigenvalue weighted by Gasteiger charge is -2.25. The number of carbonyl (C=O) groups is 1. The SMILES string of the molecule is COC(=O)c1ccc(F)cc1NC(S)N1CCCC1. The van der Waals surface area contributed by atoms with Crippen molar-refractivity contribution in [3.63, 3.8) is 0 Å². The van der Waals surface area contributed by atoms with Crippen molar-refractivity contribution in [3.8, 4) is 0 Å². The highest BCUT2D eigenvalue weighted by molar-refractivity contribution is 7.81. The Bertz CT molecular complexity index is 464. The number of likely N-dealkylation sites (tertiary alicyclic amines) is 1. The number of nitrogens with zero attached hydrogens (tertiary/aromatic N) is 1. The van der Waals surface area contributed by atoms with Crippen molar-refractivity contribution in [3.05, 3.63) is 29.6 Å². The van der Waals surface area contributed by atoms with Gasteiger partial charge in [-0.1, -0.05) is 0 Å². The molecule has 0 aromatic heterocycles. The summed E-state index contributed by atoms with van der Waals surface area (Å²) in [5.74, 6) is -0.901. The molecule has 2 rings (SSSR count). The fourth-order valence-corrected chi connectivity index (χ4v) is 2.51. The summed E-state index contributed by atoms with van der Waals surface area (Å²) in [6.45, 7) is 1.90. The summed E-state index contributed by atoms with van der Waals surface area (Å²) in [4.78, 5) is 13.8. The van der Waals surface area contributed by atoms with E-state index in [1.54, 1.807) is 0 Å². The maximum Gasteiger partial charge on any atom is 0.339 e. The Hall–Kier alpha value is -1.27. The maximum absolute atomic E-state index is 13.3. The highest BCUT2D eigenvalue weighted by atomic mass is 32.1. The van der Waals surface area contributed by atoms with Gasteiger partial charge in [-0.2, -0.15) is 0 Å². The number of nitrogens with one attached hydrogen (secondary N) is 1. The van der Waals surface area contributed by atoms with Crippen LogP contribution in [0.15, 0.2) is 18.2 Å². The highest BCUT2D eigenvalue weighted by Crippen LogP contribution is 2.22. The van der Waals surface area contributed by atoms with Gasteiger partial charge in [0.25, 0.3) is 0 Å². The van der Waals surface area contributed by atoms with Gasteiger partial charge in [-0.25, -0.2) is 9.18 Å². The van der Waals surface area contributed by atoms with Gasteiger partial charge in [0.15, 0.2) is 0 Å². The smallest absolute Gasteiger partial charge is 0.339 e. The number of hydrogen-bond acceptors (Lipinski definition) is 5. The van der Waals surface area contributed by atoms with E-state index < -0.39 is 11.8 Å². The van der Waals surface area contributed by atoms with Crippen LogP contribution >= 0.6 is 12.6 Å². The molecule has 1 aromatic carbocycles. The number of anilines is 1. The third-order valence-corrected chi connectivity index (χ3v) is 3.61. The van der Waals surface area contributed by atoms with Gasteiger partial charge in [0.1, 0.15) is 11.3 Å². The molecule has 0 amide bonds. The fourth-order valence-electron chi connectivity index (χ4n) is 2.14. The molecule has 0 aliphatic carbocycles. The minimum absolute atomic E-state index is 0.243. The summed E-state index contributed by atoms with van der Waals surface area (Å²) in [5.41, 5.74) is 0.466. The van der Waals surface area contributed by atoms with Crippen molar-refractivity contribution in [2.24, 2.45) is 0 Å². The molecule has 4 nitrogen and oxygen atoms in total. The molecule has 1 aliphatic heterocycles. The Morgan fingerprint density at radius 3 is 2.79 bits per heavy atom. The Morgan fingerprint density at radius 1 is 1.47 bits per heavy atom. The Morgan fingerprint density at radius 2 is 2.16 bits per heavy atom. The van der Waals surface area contributed by atoms with Gasteiger partial charge < -0.3 is 10.1 Å². The Kier molecular flexibility index (Phi) is 4.66. The zero-order valence-corrected chi connectivity index (χ0v) is 11.6. The molecule has 1 heterocycles. The molecule has 1 unspecified atom stereocenters. The van der Waals surface area contributed by atoms with Crippen LogP contribution in [0.2, 0.25) is 0 Å². The van der Waals surface area contributed by atoms with E-state index in [1.165, 1.54) is 25.3 Å². The minimum atomic E-state index is -0.496. The zero-order chi connectivity index (χ0) is 13.8. The Balaban J connectivity index is 2.17. The second-order valence-electron chi connectivity index (χ2n) is 4.44. The summed E-state index contributed by atoms with van der Waals surface area (Å²) in [6, 6.07) is 3.93. The van der Waals surface area contributed by atoms with Crippen LogP contribution < -0.4 is 5.32 Å². The second-order valence-corrected chi connectivity index (χ2v) is 4.93. The lowest BCUT2D eigenvalue weighted by molar-refractivity contribution is 0.0601. The molecule has 0 saturated carbocycles. The topological polar surface area (TPSA) is 41.6 Å². The molecule has 0 radical (unpaired) electrons. The number of thiol groups is 1. The minimum Gasteiger partial charge on any atom is -0.465 e. The molecule has 19 heavy (non-hydrogen) atoms. The molecular formula is C13H17FN2O2S. The molecule has 1 saturated heterocycles. The predicted molar refractivity (Wildman–Crippen MR) is 74.9 cm³/mol. The van der Waals surface area contributed by atoms with Gasteiger partial charge in [0.05, 0.1) is 18.4 Å². The molecule has 0 bridgehead atoms. The number of carbonyl (C=O) groups excluding carboxylic acids is 1. The van der Waals surface area contributed by atoms with Gasteiger partial charge in [-0.3, -0.25) is 4.90 Å². The van der Waals surface area contributed by atoms with Crippen molar-refractivity contribution in [1.29, 1.82) is 0 Å². The molecule has 0 spiro atoms. The van der Waals surface area contributed by atoms with Gasteiger partial charge in [0, 0.05) is 13.1 Å². The predicted octanol–water partition coefficient (Wildman–Crippen LogP) is 2.33. The molecule has 6 heteroatoms. The third-order valence-electron chi connectivity index (χ3n) is 3.16. The Labute approximate surface area is 117 Å². The number of ether oxygens (including phenoxy) is 1. The van der Waals surface area contributed by atoms with Gasteiger partial charge in [0.2, 0.25) is 0 Å². The van der Waals surface area contributed by atoms with Gasteiger partial charge in [-0.05, 0) is 31.0 Å². The summed E-state index contributed by atoms with van der Waals surface area (Å²) >= 11 is 4.46. The average molecular weight is 284 g/mol. The van der Waals surface area contributed by atoms with Gasteiger partial charge >= 0.3 is 5.97 Å². The first-order valence-electron chi connectivity index (χ1n) is 6.18. The van der Waals surface area contributed by atoms with E-state index in [4.69, 9.17) is 0 Å². The van der Waals surface area contributed by atoms with E-state index >= 15 is 0 Å². The van der Waals surface area contributed by atoms with Crippen LogP contribution in [0.5, 0.6) is 0 Å². The lowest BCUT2D eigenvalue weighted by Crippen LogP contribution is -2.34.